The van der Waals surface area contributed by atoms with Gasteiger partial charge in [0.05, 0.1) is 24.3 Å². The Morgan fingerprint density at radius 3 is 1.55 bits per heavy atom. The molecular weight excluding hydrogens is 643 g/mol. The molecule has 0 saturated carbocycles. The second-order valence-corrected chi connectivity index (χ2v) is 9.41. The Bertz CT molecular complexity index is 1230. The average Bonchev–Trinajstić information content (AvgIpc) is 2.83. The predicted octanol–water partition coefficient (Wildman–Crippen LogP) is 7.08. The molecule has 1 saturated heterocycles. The van der Waals surface area contributed by atoms with Gasteiger partial charge in [0.1, 0.15) is 23.3 Å². The van der Waals surface area contributed by atoms with E-state index in [1.807, 2.05) is 0 Å². The maximum absolute atomic E-state index is 14.1. The molecule has 0 aliphatic carbocycles. The van der Waals surface area contributed by atoms with Gasteiger partial charge in [-0.1, -0.05) is 24.3 Å². The smallest absolute Gasteiger partial charge is 0.416 e. The number of esters is 1. The minimum atomic E-state index is -4.65. The van der Waals surface area contributed by atoms with E-state index in [2.05, 4.69) is 0 Å². The molecule has 0 atom stereocenters. The molecule has 3 aromatic carbocycles. The fraction of sp³-hybridized carbons (Fsp3) is 0.240. The molecule has 4 rings (SSSR count). The van der Waals surface area contributed by atoms with Crippen molar-refractivity contribution in [2.24, 2.45) is 0 Å². The summed E-state index contributed by atoms with van der Waals surface area (Å²) in [6, 6.07) is 9.04. The molecule has 13 heteroatoms. The molecule has 0 radical (unpaired) electrons. The number of hydrogen-bond acceptors (Lipinski definition) is 4. The standard InChI is InChI=1S/C25H15F8IO4/c26-19-9-17(34)10-20(27)21(19)22(35)38-18-11-36-23(37-12-18,13-1-5-15(6-2-13)24(28,29)30)14-3-7-16(8-4-14)25(31,32)33/h1-10,18H,11-12H2. The zero-order valence-electron chi connectivity index (χ0n) is 18.8. The van der Waals surface area contributed by atoms with Gasteiger partial charge in [0, 0.05) is 14.7 Å². The molecule has 38 heavy (non-hydrogen) atoms. The summed E-state index contributed by atoms with van der Waals surface area (Å²) in [6.07, 6.45) is -10.5. The zero-order chi connectivity index (χ0) is 27.9. The van der Waals surface area contributed by atoms with Crippen LogP contribution in [0.5, 0.6) is 0 Å². The molecule has 3 aromatic rings. The van der Waals surface area contributed by atoms with E-state index in [-0.39, 0.29) is 14.7 Å². The van der Waals surface area contributed by atoms with Crippen LogP contribution < -0.4 is 0 Å². The summed E-state index contributed by atoms with van der Waals surface area (Å²) < 4.78 is 123. The zero-order valence-corrected chi connectivity index (χ0v) is 21.0. The van der Waals surface area contributed by atoms with Crippen LogP contribution in [0.25, 0.3) is 0 Å². The van der Waals surface area contributed by atoms with Crippen LogP contribution in [0.2, 0.25) is 0 Å². The summed E-state index contributed by atoms with van der Waals surface area (Å²) in [5.41, 5.74) is -2.86. The maximum atomic E-state index is 14.1. The average molecular weight is 658 g/mol. The normalized spacial score (nSPS) is 16.3. The number of hydrogen-bond donors (Lipinski definition) is 0. The SMILES string of the molecule is O=C(OC1COC(c2ccc(C(F)(F)F)cc2)(c2ccc(C(F)(F)F)cc2)OC1)c1c(F)cc(I)cc1F. The van der Waals surface area contributed by atoms with Gasteiger partial charge in [-0.05, 0) is 59.0 Å². The van der Waals surface area contributed by atoms with Crippen molar-refractivity contribution in [3.8, 4) is 0 Å². The molecule has 0 amide bonds. The number of ether oxygens (including phenoxy) is 3. The van der Waals surface area contributed by atoms with Crippen molar-refractivity contribution in [2.75, 3.05) is 13.2 Å². The number of rotatable bonds is 4. The fourth-order valence-corrected chi connectivity index (χ4v) is 4.33. The quantitative estimate of drug-likeness (QED) is 0.171. The van der Waals surface area contributed by atoms with Crippen LogP contribution in [-0.4, -0.2) is 25.3 Å². The molecular formula is C25H15F8IO4. The monoisotopic (exact) mass is 658 g/mol. The second kappa shape index (κ2) is 10.4. The largest absolute Gasteiger partial charge is 0.454 e. The van der Waals surface area contributed by atoms with E-state index < -0.39 is 71.8 Å². The van der Waals surface area contributed by atoms with Gasteiger partial charge in [0.15, 0.2) is 0 Å². The van der Waals surface area contributed by atoms with E-state index in [0.717, 1.165) is 60.7 Å². The van der Waals surface area contributed by atoms with Crippen LogP contribution in [0.3, 0.4) is 0 Å². The highest BCUT2D eigenvalue weighted by Crippen LogP contribution is 2.41. The molecule has 1 fully saturated rings. The molecule has 1 aliphatic rings. The minimum Gasteiger partial charge on any atom is -0.454 e. The van der Waals surface area contributed by atoms with Crippen LogP contribution in [0, 0.1) is 15.2 Å². The van der Waals surface area contributed by atoms with Gasteiger partial charge in [0.25, 0.3) is 0 Å². The minimum absolute atomic E-state index is 0.0183. The Balaban J connectivity index is 1.62. The van der Waals surface area contributed by atoms with Gasteiger partial charge >= 0.3 is 18.3 Å². The topological polar surface area (TPSA) is 44.8 Å². The Hall–Kier alpha value is -2.78. The summed E-state index contributed by atoms with van der Waals surface area (Å²) in [6.45, 7) is -0.914. The maximum Gasteiger partial charge on any atom is 0.416 e. The van der Waals surface area contributed by atoms with Gasteiger partial charge in [-0.25, -0.2) is 13.6 Å². The first-order valence-electron chi connectivity index (χ1n) is 10.7. The van der Waals surface area contributed by atoms with Crippen LogP contribution in [0.1, 0.15) is 32.6 Å². The summed E-state index contributed by atoms with van der Waals surface area (Å²) >= 11 is 1.66. The molecule has 1 heterocycles. The molecule has 1 aliphatic heterocycles. The Morgan fingerprint density at radius 2 is 1.18 bits per heavy atom. The van der Waals surface area contributed by atoms with Crippen LogP contribution in [0.4, 0.5) is 35.1 Å². The highest BCUT2D eigenvalue weighted by molar-refractivity contribution is 14.1. The number of benzene rings is 3. The lowest BCUT2D eigenvalue weighted by atomic mass is 9.94. The van der Waals surface area contributed by atoms with Crippen molar-refractivity contribution in [3.05, 3.63) is 104 Å². The van der Waals surface area contributed by atoms with Gasteiger partial charge in [0.2, 0.25) is 5.79 Å². The number of carbonyl (C=O) groups is 1. The first-order chi connectivity index (χ1) is 17.7. The van der Waals surface area contributed by atoms with Crippen molar-refractivity contribution in [3.63, 3.8) is 0 Å². The molecule has 0 spiro atoms. The predicted molar refractivity (Wildman–Crippen MR) is 124 cm³/mol. The van der Waals surface area contributed by atoms with E-state index in [4.69, 9.17) is 14.2 Å². The van der Waals surface area contributed by atoms with Crippen LogP contribution >= 0.6 is 22.6 Å². The Labute approximate surface area is 223 Å². The number of halogens is 9. The summed E-state index contributed by atoms with van der Waals surface area (Å²) in [5, 5.41) is 0. The molecule has 0 N–H and O–H groups in total. The first kappa shape index (κ1) is 28.2. The third kappa shape index (κ3) is 5.78. The molecule has 202 valence electrons. The lowest BCUT2D eigenvalue weighted by Crippen LogP contribution is -2.46. The number of carbonyl (C=O) groups excluding carboxylic acids is 1. The van der Waals surface area contributed by atoms with Gasteiger partial charge < -0.3 is 14.2 Å². The third-order valence-corrected chi connectivity index (χ3v) is 6.24. The summed E-state index contributed by atoms with van der Waals surface area (Å²) in [7, 11) is 0. The lowest BCUT2D eigenvalue weighted by molar-refractivity contribution is -0.277. The Morgan fingerprint density at radius 1 is 0.789 bits per heavy atom. The summed E-state index contributed by atoms with van der Waals surface area (Å²) in [4.78, 5) is 12.4. The van der Waals surface area contributed by atoms with E-state index in [1.54, 1.807) is 22.6 Å². The molecule has 0 aromatic heterocycles. The molecule has 4 nitrogen and oxygen atoms in total. The molecule has 0 bridgehead atoms. The second-order valence-electron chi connectivity index (χ2n) is 8.16. The van der Waals surface area contributed by atoms with Crippen molar-refractivity contribution in [1.29, 1.82) is 0 Å². The van der Waals surface area contributed by atoms with Gasteiger partial charge in [-0.15, -0.1) is 0 Å². The van der Waals surface area contributed by atoms with Crippen molar-refractivity contribution >= 4 is 28.6 Å². The third-order valence-electron chi connectivity index (χ3n) is 5.61. The van der Waals surface area contributed by atoms with Crippen molar-refractivity contribution in [1.82, 2.24) is 0 Å². The fourth-order valence-electron chi connectivity index (χ4n) is 3.78. The van der Waals surface area contributed by atoms with Crippen molar-refractivity contribution < 1.29 is 54.1 Å². The van der Waals surface area contributed by atoms with E-state index in [1.165, 1.54) is 0 Å². The molecule has 0 unspecified atom stereocenters. The van der Waals surface area contributed by atoms with Crippen molar-refractivity contribution in [2.45, 2.75) is 24.2 Å². The van der Waals surface area contributed by atoms with Gasteiger partial charge in [-0.2, -0.15) is 26.3 Å². The highest BCUT2D eigenvalue weighted by atomic mass is 127. The number of alkyl halides is 6. The van der Waals surface area contributed by atoms with Crippen LogP contribution in [0.15, 0.2) is 60.7 Å². The first-order valence-corrected chi connectivity index (χ1v) is 11.8. The highest BCUT2D eigenvalue weighted by Gasteiger charge is 2.44. The van der Waals surface area contributed by atoms with Gasteiger partial charge in [-0.3, -0.25) is 0 Å². The van der Waals surface area contributed by atoms with E-state index in [0.29, 0.717) is 0 Å². The van der Waals surface area contributed by atoms with E-state index in [9.17, 15) is 39.9 Å². The lowest BCUT2D eigenvalue weighted by Gasteiger charge is -2.40. The van der Waals surface area contributed by atoms with E-state index >= 15 is 0 Å². The summed E-state index contributed by atoms with van der Waals surface area (Å²) in [5.74, 6) is -5.61. The Kier molecular flexibility index (Phi) is 7.74. The van der Waals surface area contributed by atoms with Crippen LogP contribution in [-0.2, 0) is 32.4 Å².